The normalized spacial score (nSPS) is 28.7. The Balaban J connectivity index is 1.75. The van der Waals surface area contributed by atoms with Gasteiger partial charge in [-0.25, -0.2) is 0 Å². The number of carbonyl (C=O) groups is 1. The summed E-state index contributed by atoms with van der Waals surface area (Å²) < 4.78 is 36.9. The molecule has 7 heteroatoms. The number of nitrogens with zero attached hydrogens (tertiary/aromatic N) is 2. The number of hydrogen-bond donors (Lipinski definition) is 1. The number of hydrogen-bond acceptors (Lipinski definition) is 3. The zero-order chi connectivity index (χ0) is 15.5. The topological polar surface area (TPSA) is 49.6 Å². The predicted octanol–water partition coefficient (Wildman–Crippen LogP) is 1.60. The molecule has 1 aliphatic carbocycles. The molecule has 0 spiro atoms. The van der Waals surface area contributed by atoms with Crippen LogP contribution in [-0.2, 0) is 4.79 Å². The first-order valence-corrected chi connectivity index (χ1v) is 7.67. The molecule has 21 heavy (non-hydrogen) atoms. The first-order chi connectivity index (χ1) is 9.85. The second-order valence-electron chi connectivity index (χ2n) is 6.18. The molecule has 1 aliphatic heterocycles. The molecular formula is C14H24F3N3O. The lowest BCUT2D eigenvalue weighted by Gasteiger charge is -2.36. The van der Waals surface area contributed by atoms with Crippen LogP contribution in [0.5, 0.6) is 0 Å². The molecule has 1 saturated carbocycles. The fourth-order valence-corrected chi connectivity index (χ4v) is 3.25. The molecule has 1 saturated heterocycles. The molecule has 1 amide bonds. The van der Waals surface area contributed by atoms with Gasteiger partial charge in [0, 0.05) is 38.6 Å². The lowest BCUT2D eigenvalue weighted by Crippen LogP contribution is -2.51. The highest BCUT2D eigenvalue weighted by Gasteiger charge is 2.33. The molecule has 0 aromatic rings. The van der Waals surface area contributed by atoms with Crippen molar-refractivity contribution in [2.45, 2.75) is 44.3 Å². The van der Waals surface area contributed by atoms with E-state index >= 15 is 0 Å². The van der Waals surface area contributed by atoms with Gasteiger partial charge in [0.25, 0.3) is 0 Å². The molecule has 1 heterocycles. The summed E-state index contributed by atoms with van der Waals surface area (Å²) in [4.78, 5) is 15.3. The maximum atomic E-state index is 12.3. The molecule has 2 N–H and O–H groups in total. The van der Waals surface area contributed by atoms with Crippen LogP contribution >= 0.6 is 0 Å². The maximum Gasteiger partial charge on any atom is 0.401 e. The van der Waals surface area contributed by atoms with Gasteiger partial charge in [0.15, 0.2) is 0 Å². The Morgan fingerprint density at radius 3 is 2.29 bits per heavy atom. The molecule has 2 aliphatic rings. The Hall–Kier alpha value is -0.820. The van der Waals surface area contributed by atoms with E-state index in [9.17, 15) is 18.0 Å². The Morgan fingerprint density at radius 2 is 1.71 bits per heavy atom. The molecule has 2 atom stereocenters. The number of carbonyl (C=O) groups excluding carboxylic acids is 1. The average molecular weight is 307 g/mol. The SMILES string of the molecule is NC1CCCCC1CC(=O)N1CCN(CC(F)(F)F)CC1. The van der Waals surface area contributed by atoms with Crippen molar-refractivity contribution in [2.75, 3.05) is 32.7 Å². The van der Waals surface area contributed by atoms with E-state index < -0.39 is 12.7 Å². The Labute approximate surface area is 123 Å². The van der Waals surface area contributed by atoms with Gasteiger partial charge in [-0.3, -0.25) is 9.69 Å². The van der Waals surface area contributed by atoms with E-state index in [1.165, 1.54) is 4.90 Å². The first-order valence-electron chi connectivity index (χ1n) is 7.67. The van der Waals surface area contributed by atoms with Crippen LogP contribution in [0.4, 0.5) is 13.2 Å². The van der Waals surface area contributed by atoms with Crippen molar-refractivity contribution < 1.29 is 18.0 Å². The summed E-state index contributed by atoms with van der Waals surface area (Å²) in [6, 6.07) is 0.0919. The van der Waals surface area contributed by atoms with Crippen LogP contribution in [0.1, 0.15) is 32.1 Å². The third kappa shape index (κ3) is 5.14. The van der Waals surface area contributed by atoms with Crippen molar-refractivity contribution in [3.05, 3.63) is 0 Å². The minimum atomic E-state index is -4.17. The number of nitrogens with two attached hydrogens (primary N) is 1. The van der Waals surface area contributed by atoms with Gasteiger partial charge in [-0.05, 0) is 18.8 Å². The van der Waals surface area contributed by atoms with Crippen molar-refractivity contribution in [2.24, 2.45) is 11.7 Å². The minimum absolute atomic E-state index is 0.0454. The molecule has 2 rings (SSSR count). The smallest absolute Gasteiger partial charge is 0.340 e. The standard InChI is InChI=1S/C14H24F3N3O/c15-14(16,17)10-19-5-7-20(8-6-19)13(21)9-11-3-1-2-4-12(11)18/h11-12H,1-10,18H2. The number of alkyl halides is 3. The highest BCUT2D eigenvalue weighted by Crippen LogP contribution is 2.26. The number of piperazine rings is 1. The van der Waals surface area contributed by atoms with E-state index in [1.54, 1.807) is 4.90 Å². The van der Waals surface area contributed by atoms with Crippen molar-refractivity contribution in [1.29, 1.82) is 0 Å². The third-order valence-electron chi connectivity index (χ3n) is 4.53. The monoisotopic (exact) mass is 307 g/mol. The summed E-state index contributed by atoms with van der Waals surface area (Å²) >= 11 is 0. The van der Waals surface area contributed by atoms with E-state index in [0.29, 0.717) is 32.6 Å². The van der Waals surface area contributed by atoms with E-state index in [4.69, 9.17) is 5.73 Å². The van der Waals surface area contributed by atoms with Gasteiger partial charge < -0.3 is 10.6 Å². The van der Waals surface area contributed by atoms with E-state index in [0.717, 1.165) is 25.7 Å². The summed E-state index contributed by atoms with van der Waals surface area (Å²) in [7, 11) is 0. The van der Waals surface area contributed by atoms with Crippen LogP contribution in [0.2, 0.25) is 0 Å². The van der Waals surface area contributed by atoms with E-state index in [-0.39, 0.29) is 17.9 Å². The molecule has 122 valence electrons. The number of amides is 1. The Kier molecular flexibility index (Phi) is 5.48. The average Bonchev–Trinajstić information content (AvgIpc) is 2.40. The zero-order valence-electron chi connectivity index (χ0n) is 12.2. The maximum absolute atomic E-state index is 12.3. The fourth-order valence-electron chi connectivity index (χ4n) is 3.25. The molecule has 4 nitrogen and oxygen atoms in total. The fraction of sp³-hybridized carbons (Fsp3) is 0.929. The van der Waals surface area contributed by atoms with Crippen molar-refractivity contribution in [3.8, 4) is 0 Å². The highest BCUT2D eigenvalue weighted by atomic mass is 19.4. The summed E-state index contributed by atoms with van der Waals surface area (Å²) in [6.07, 6.45) is 0.479. The van der Waals surface area contributed by atoms with Crippen LogP contribution in [0.15, 0.2) is 0 Å². The minimum Gasteiger partial charge on any atom is -0.340 e. The van der Waals surface area contributed by atoms with Gasteiger partial charge in [-0.2, -0.15) is 13.2 Å². The van der Waals surface area contributed by atoms with Gasteiger partial charge in [0.1, 0.15) is 0 Å². The van der Waals surface area contributed by atoms with E-state index in [1.807, 2.05) is 0 Å². The van der Waals surface area contributed by atoms with Crippen LogP contribution in [0.25, 0.3) is 0 Å². The molecule has 2 fully saturated rings. The lowest BCUT2D eigenvalue weighted by atomic mass is 9.82. The van der Waals surface area contributed by atoms with Crippen molar-refractivity contribution in [3.63, 3.8) is 0 Å². The van der Waals surface area contributed by atoms with Gasteiger partial charge >= 0.3 is 6.18 Å². The summed E-state index contributed by atoms with van der Waals surface area (Å²) in [5, 5.41) is 0. The quantitative estimate of drug-likeness (QED) is 0.861. The van der Waals surface area contributed by atoms with Crippen LogP contribution in [0, 0.1) is 5.92 Å². The lowest BCUT2D eigenvalue weighted by molar-refractivity contribution is -0.152. The Bertz CT molecular complexity index is 354. The van der Waals surface area contributed by atoms with E-state index in [2.05, 4.69) is 0 Å². The largest absolute Gasteiger partial charge is 0.401 e. The summed E-state index contributed by atoms with van der Waals surface area (Å²) in [5.74, 6) is 0.281. The summed E-state index contributed by atoms with van der Waals surface area (Å²) in [6.45, 7) is 0.472. The number of rotatable bonds is 3. The van der Waals surface area contributed by atoms with Gasteiger partial charge in [-0.15, -0.1) is 0 Å². The molecule has 2 unspecified atom stereocenters. The van der Waals surface area contributed by atoms with Crippen LogP contribution < -0.4 is 5.73 Å². The third-order valence-corrected chi connectivity index (χ3v) is 4.53. The molecule has 0 aromatic carbocycles. The second-order valence-corrected chi connectivity index (χ2v) is 6.18. The van der Waals surface area contributed by atoms with Crippen molar-refractivity contribution >= 4 is 5.91 Å². The molecule has 0 radical (unpaired) electrons. The van der Waals surface area contributed by atoms with Crippen LogP contribution in [-0.4, -0.2) is 60.6 Å². The van der Waals surface area contributed by atoms with Gasteiger partial charge in [0.05, 0.1) is 6.54 Å². The van der Waals surface area contributed by atoms with Crippen molar-refractivity contribution in [1.82, 2.24) is 9.80 Å². The predicted molar refractivity (Wildman–Crippen MR) is 73.6 cm³/mol. The zero-order valence-corrected chi connectivity index (χ0v) is 12.2. The second kappa shape index (κ2) is 6.96. The van der Waals surface area contributed by atoms with Crippen LogP contribution in [0.3, 0.4) is 0 Å². The highest BCUT2D eigenvalue weighted by molar-refractivity contribution is 5.76. The molecule has 0 aromatic heterocycles. The Morgan fingerprint density at radius 1 is 1.10 bits per heavy atom. The van der Waals surface area contributed by atoms with Gasteiger partial charge in [0.2, 0.25) is 5.91 Å². The molecular weight excluding hydrogens is 283 g/mol. The first kappa shape index (κ1) is 16.5. The molecule has 0 bridgehead atoms. The summed E-state index contributed by atoms with van der Waals surface area (Å²) in [5.41, 5.74) is 6.04. The number of halogens is 3. The van der Waals surface area contributed by atoms with Gasteiger partial charge in [-0.1, -0.05) is 12.8 Å².